The van der Waals surface area contributed by atoms with Crippen LogP contribution in [0.2, 0.25) is 0 Å². The van der Waals surface area contributed by atoms with E-state index in [4.69, 9.17) is 9.57 Å². The number of nitrogens with one attached hydrogen (secondary N) is 1. The van der Waals surface area contributed by atoms with Gasteiger partial charge in [-0.3, -0.25) is 9.63 Å². The van der Waals surface area contributed by atoms with Gasteiger partial charge in [0.15, 0.2) is 0 Å². The topological polar surface area (TPSA) is 47.6 Å². The molecular formula is C15H19NO3. The number of hydrogen-bond acceptors (Lipinski definition) is 3. The van der Waals surface area contributed by atoms with Crippen LogP contribution in [-0.2, 0) is 20.8 Å². The Balaban J connectivity index is 1.59. The van der Waals surface area contributed by atoms with Gasteiger partial charge in [0.25, 0.3) is 0 Å². The number of hydroxylamine groups is 1. The normalized spacial score (nSPS) is 27.3. The van der Waals surface area contributed by atoms with E-state index < -0.39 is 0 Å². The van der Waals surface area contributed by atoms with Gasteiger partial charge in [0.2, 0.25) is 5.91 Å². The highest BCUT2D eigenvalue weighted by Crippen LogP contribution is 2.59. The minimum Gasteiger partial charge on any atom is -0.382 e. The Morgan fingerprint density at radius 3 is 3.05 bits per heavy atom. The van der Waals surface area contributed by atoms with Gasteiger partial charge in [-0.05, 0) is 35.8 Å². The zero-order valence-electron chi connectivity index (χ0n) is 11.1. The fourth-order valence-corrected chi connectivity index (χ4v) is 3.24. The average Bonchev–Trinajstić information content (AvgIpc) is 3.18. The van der Waals surface area contributed by atoms with Gasteiger partial charge in [0, 0.05) is 7.11 Å². The van der Waals surface area contributed by atoms with Crippen LogP contribution in [0.3, 0.4) is 0 Å². The molecule has 1 amide bonds. The smallest absolute Gasteiger partial charge is 0.247 e. The molecule has 0 saturated heterocycles. The van der Waals surface area contributed by atoms with E-state index in [1.54, 1.807) is 7.11 Å². The molecule has 19 heavy (non-hydrogen) atoms. The fraction of sp³-hybridized carbons (Fsp3) is 0.533. The summed E-state index contributed by atoms with van der Waals surface area (Å²) in [5, 5.41) is 0. The molecule has 1 aromatic rings. The van der Waals surface area contributed by atoms with Crippen LogP contribution in [0.15, 0.2) is 24.3 Å². The standard InChI is InChI=1S/C15H19NO3/c1-18-8-9-19-16-15(17)14-12-7-6-10-4-2-3-5-11(10)13(12)14/h2-5,12-14H,6-9H2,1H3,(H,16,17). The fourth-order valence-electron chi connectivity index (χ4n) is 3.24. The Morgan fingerprint density at radius 2 is 2.21 bits per heavy atom. The van der Waals surface area contributed by atoms with Gasteiger partial charge >= 0.3 is 0 Å². The van der Waals surface area contributed by atoms with Gasteiger partial charge in [0.1, 0.15) is 0 Å². The number of ether oxygens (including phenoxy) is 1. The van der Waals surface area contributed by atoms with Crippen LogP contribution < -0.4 is 5.48 Å². The maximum atomic E-state index is 12.1. The molecule has 2 aliphatic carbocycles. The Hall–Kier alpha value is -1.39. The third-order valence-corrected chi connectivity index (χ3v) is 4.19. The summed E-state index contributed by atoms with van der Waals surface area (Å²) in [6.45, 7) is 0.877. The molecule has 1 fully saturated rings. The lowest BCUT2D eigenvalue weighted by Gasteiger charge is -2.13. The van der Waals surface area contributed by atoms with E-state index in [9.17, 15) is 4.79 Å². The molecule has 0 spiro atoms. The number of rotatable bonds is 5. The second-order valence-electron chi connectivity index (χ2n) is 5.26. The summed E-state index contributed by atoms with van der Waals surface area (Å²) in [5.41, 5.74) is 5.31. The molecule has 1 saturated carbocycles. The molecular weight excluding hydrogens is 242 g/mol. The molecule has 0 aliphatic heterocycles. The second kappa shape index (κ2) is 5.31. The Morgan fingerprint density at radius 1 is 1.37 bits per heavy atom. The van der Waals surface area contributed by atoms with Crippen molar-refractivity contribution in [2.45, 2.75) is 18.8 Å². The van der Waals surface area contributed by atoms with Crippen LogP contribution >= 0.6 is 0 Å². The van der Waals surface area contributed by atoms with E-state index in [2.05, 4.69) is 29.7 Å². The van der Waals surface area contributed by atoms with Gasteiger partial charge < -0.3 is 4.74 Å². The lowest BCUT2D eigenvalue weighted by molar-refractivity contribution is -0.136. The number of carbonyl (C=O) groups excluding carboxylic acids is 1. The van der Waals surface area contributed by atoms with E-state index in [0.717, 1.165) is 12.8 Å². The molecule has 0 heterocycles. The lowest BCUT2D eigenvalue weighted by atomic mass is 9.92. The van der Waals surface area contributed by atoms with Crippen LogP contribution in [0.1, 0.15) is 23.5 Å². The summed E-state index contributed by atoms with van der Waals surface area (Å²) >= 11 is 0. The van der Waals surface area contributed by atoms with Crippen molar-refractivity contribution < 1.29 is 14.4 Å². The van der Waals surface area contributed by atoms with Crippen molar-refractivity contribution >= 4 is 5.91 Å². The van der Waals surface area contributed by atoms with Crippen molar-refractivity contribution in [3.63, 3.8) is 0 Å². The largest absolute Gasteiger partial charge is 0.382 e. The molecule has 3 unspecified atom stereocenters. The van der Waals surface area contributed by atoms with Crippen LogP contribution in [0.25, 0.3) is 0 Å². The molecule has 3 rings (SSSR count). The highest BCUT2D eigenvalue weighted by molar-refractivity contribution is 5.83. The average molecular weight is 261 g/mol. The quantitative estimate of drug-likeness (QED) is 0.647. The van der Waals surface area contributed by atoms with Gasteiger partial charge in [-0.25, -0.2) is 5.48 Å². The van der Waals surface area contributed by atoms with Crippen LogP contribution in [0.4, 0.5) is 0 Å². The third kappa shape index (κ3) is 2.38. The summed E-state index contributed by atoms with van der Waals surface area (Å²) in [5.74, 6) is 1.01. The van der Waals surface area contributed by atoms with Crippen molar-refractivity contribution in [3.05, 3.63) is 35.4 Å². The summed E-state index contributed by atoms with van der Waals surface area (Å²) in [6, 6.07) is 8.47. The first-order chi connectivity index (χ1) is 9.33. The Bertz CT molecular complexity index is 474. The first kappa shape index (κ1) is 12.6. The molecule has 0 bridgehead atoms. The zero-order chi connectivity index (χ0) is 13.2. The summed E-state index contributed by atoms with van der Waals surface area (Å²) in [4.78, 5) is 17.2. The second-order valence-corrected chi connectivity index (χ2v) is 5.26. The number of hydrogen-bond donors (Lipinski definition) is 1. The zero-order valence-corrected chi connectivity index (χ0v) is 11.1. The number of aryl methyl sites for hydroxylation is 1. The van der Waals surface area contributed by atoms with Gasteiger partial charge in [0.05, 0.1) is 19.1 Å². The van der Waals surface area contributed by atoms with E-state index in [1.165, 1.54) is 11.1 Å². The summed E-state index contributed by atoms with van der Waals surface area (Å²) in [7, 11) is 1.61. The molecule has 1 N–H and O–H groups in total. The number of methoxy groups -OCH3 is 1. The summed E-state index contributed by atoms with van der Waals surface area (Å²) in [6.07, 6.45) is 2.20. The molecule has 1 aromatic carbocycles. The molecule has 102 valence electrons. The van der Waals surface area contributed by atoms with Crippen molar-refractivity contribution in [2.75, 3.05) is 20.3 Å². The van der Waals surface area contributed by atoms with Crippen molar-refractivity contribution in [3.8, 4) is 0 Å². The minimum atomic E-state index is 0.0165. The predicted molar refractivity (Wildman–Crippen MR) is 70.5 cm³/mol. The number of carbonyl (C=O) groups is 1. The first-order valence-corrected chi connectivity index (χ1v) is 6.81. The Labute approximate surface area is 113 Å². The van der Waals surface area contributed by atoms with Gasteiger partial charge in [-0.1, -0.05) is 24.3 Å². The van der Waals surface area contributed by atoms with E-state index in [1.807, 2.05) is 0 Å². The van der Waals surface area contributed by atoms with Crippen molar-refractivity contribution in [1.29, 1.82) is 0 Å². The molecule has 0 aromatic heterocycles. The molecule has 0 radical (unpaired) electrons. The maximum absolute atomic E-state index is 12.1. The van der Waals surface area contributed by atoms with Crippen LogP contribution in [0, 0.1) is 11.8 Å². The Kier molecular flexibility index (Phi) is 3.53. The van der Waals surface area contributed by atoms with E-state index in [0.29, 0.717) is 25.0 Å². The van der Waals surface area contributed by atoms with Crippen LogP contribution in [0.5, 0.6) is 0 Å². The van der Waals surface area contributed by atoms with Gasteiger partial charge in [-0.15, -0.1) is 0 Å². The molecule has 4 heteroatoms. The van der Waals surface area contributed by atoms with Crippen molar-refractivity contribution in [1.82, 2.24) is 5.48 Å². The SMILES string of the molecule is COCCONC(=O)C1C2CCc3ccccc3C21. The molecule has 3 atom stereocenters. The van der Waals surface area contributed by atoms with E-state index in [-0.39, 0.29) is 11.8 Å². The van der Waals surface area contributed by atoms with Crippen molar-refractivity contribution in [2.24, 2.45) is 11.8 Å². The third-order valence-electron chi connectivity index (χ3n) is 4.19. The number of amides is 1. The molecule has 2 aliphatic rings. The van der Waals surface area contributed by atoms with Gasteiger partial charge in [-0.2, -0.15) is 0 Å². The summed E-state index contributed by atoms with van der Waals surface area (Å²) < 4.78 is 4.86. The lowest BCUT2D eigenvalue weighted by Crippen LogP contribution is -2.27. The highest BCUT2D eigenvalue weighted by atomic mass is 16.7. The highest BCUT2D eigenvalue weighted by Gasteiger charge is 2.57. The minimum absolute atomic E-state index is 0.0165. The van der Waals surface area contributed by atoms with Crippen LogP contribution in [-0.4, -0.2) is 26.2 Å². The molecule has 4 nitrogen and oxygen atoms in total. The monoisotopic (exact) mass is 261 g/mol. The predicted octanol–water partition coefficient (Wildman–Crippen LogP) is 1.66. The number of fused-ring (bicyclic) bond motifs is 3. The van der Waals surface area contributed by atoms with E-state index >= 15 is 0 Å². The number of benzene rings is 1. The maximum Gasteiger partial charge on any atom is 0.247 e. The first-order valence-electron chi connectivity index (χ1n) is 6.81.